The molecule has 0 aliphatic carbocycles. The maximum atomic E-state index is 9.03. The van der Waals surface area contributed by atoms with Gasteiger partial charge in [0.25, 0.3) is 0 Å². The number of hydrogen-bond donors (Lipinski definition) is 0. The predicted molar refractivity (Wildman–Crippen MR) is 63.1 cm³/mol. The Balaban J connectivity index is 1.88. The molecule has 4 heteroatoms. The van der Waals surface area contributed by atoms with Gasteiger partial charge in [0.05, 0.1) is 12.0 Å². The van der Waals surface area contributed by atoms with Gasteiger partial charge in [0, 0.05) is 24.3 Å². The normalized spacial score (nSPS) is 26.0. The minimum Gasteiger partial charge on any atom is -0.454 e. The maximum Gasteiger partial charge on any atom is 0.231 e. The van der Waals surface area contributed by atoms with Crippen LogP contribution in [0.15, 0.2) is 18.2 Å². The molecule has 0 N–H and O–H groups in total. The van der Waals surface area contributed by atoms with Gasteiger partial charge >= 0.3 is 0 Å². The molecule has 0 radical (unpaired) electrons. The van der Waals surface area contributed by atoms with E-state index < -0.39 is 0 Å². The van der Waals surface area contributed by atoms with E-state index in [2.05, 4.69) is 17.9 Å². The Kier molecular flexibility index (Phi) is 2.32. The second-order valence-electron chi connectivity index (χ2n) is 4.50. The third-order valence-electron chi connectivity index (χ3n) is 3.61. The molecule has 4 nitrogen and oxygen atoms in total. The fraction of sp³-hybridized carbons (Fsp3) is 0.462. The molecule has 2 aliphatic rings. The van der Waals surface area contributed by atoms with E-state index in [9.17, 15) is 0 Å². The van der Waals surface area contributed by atoms with Gasteiger partial charge in [0.2, 0.25) is 6.79 Å². The van der Waals surface area contributed by atoms with E-state index in [0.717, 1.165) is 30.2 Å². The van der Waals surface area contributed by atoms with Crippen molar-refractivity contribution >= 4 is 5.69 Å². The zero-order valence-corrected chi connectivity index (χ0v) is 9.72. The molecule has 1 aromatic rings. The fourth-order valence-electron chi connectivity index (χ4n) is 2.54. The number of nitrogens with zero attached hydrogens (tertiary/aromatic N) is 2. The quantitative estimate of drug-likeness (QED) is 0.741. The monoisotopic (exact) mass is 230 g/mol. The van der Waals surface area contributed by atoms with Gasteiger partial charge in [-0.1, -0.05) is 0 Å². The van der Waals surface area contributed by atoms with Crippen molar-refractivity contribution in [3.05, 3.63) is 18.2 Å². The molecule has 0 aromatic heterocycles. The lowest BCUT2D eigenvalue weighted by molar-refractivity contribution is 0.174. The Bertz CT molecular complexity index is 481. The Morgan fingerprint density at radius 2 is 2.18 bits per heavy atom. The number of benzene rings is 1. The summed E-state index contributed by atoms with van der Waals surface area (Å²) < 4.78 is 10.7. The van der Waals surface area contributed by atoms with E-state index in [4.69, 9.17) is 14.7 Å². The summed E-state index contributed by atoms with van der Waals surface area (Å²) in [5.41, 5.74) is 1.11. The lowest BCUT2D eigenvalue weighted by Crippen LogP contribution is -2.29. The number of hydrogen-bond acceptors (Lipinski definition) is 4. The molecule has 2 atom stereocenters. The molecular formula is C13H14N2O2. The van der Waals surface area contributed by atoms with Gasteiger partial charge in [0.15, 0.2) is 11.5 Å². The van der Waals surface area contributed by atoms with Crippen molar-refractivity contribution in [3.8, 4) is 17.6 Å². The zero-order chi connectivity index (χ0) is 11.8. The highest BCUT2D eigenvalue weighted by molar-refractivity contribution is 5.58. The first kappa shape index (κ1) is 10.3. The van der Waals surface area contributed by atoms with Crippen molar-refractivity contribution < 1.29 is 9.47 Å². The highest BCUT2D eigenvalue weighted by atomic mass is 16.7. The number of fused-ring (bicyclic) bond motifs is 1. The Hall–Kier alpha value is -1.89. The largest absolute Gasteiger partial charge is 0.454 e. The molecule has 2 aliphatic heterocycles. The zero-order valence-electron chi connectivity index (χ0n) is 9.72. The summed E-state index contributed by atoms with van der Waals surface area (Å²) in [6.07, 6.45) is 0.937. The summed E-state index contributed by atoms with van der Waals surface area (Å²) in [5, 5.41) is 9.03. The SMILES string of the molecule is CC1C(C#N)CCN1c1ccc2c(c1)OCO2. The van der Waals surface area contributed by atoms with Gasteiger partial charge < -0.3 is 14.4 Å². The minimum atomic E-state index is 0.125. The van der Waals surface area contributed by atoms with Crippen LogP contribution in [0.3, 0.4) is 0 Å². The lowest BCUT2D eigenvalue weighted by atomic mass is 10.0. The molecule has 2 heterocycles. The van der Waals surface area contributed by atoms with Gasteiger partial charge in [-0.15, -0.1) is 0 Å². The number of ether oxygens (including phenoxy) is 2. The summed E-state index contributed by atoms with van der Waals surface area (Å²) >= 11 is 0. The van der Waals surface area contributed by atoms with Crippen molar-refractivity contribution in [2.24, 2.45) is 5.92 Å². The molecule has 1 aromatic carbocycles. The molecule has 0 bridgehead atoms. The minimum absolute atomic E-state index is 0.125. The molecule has 3 rings (SSSR count). The van der Waals surface area contributed by atoms with Crippen LogP contribution in [0.1, 0.15) is 13.3 Å². The first-order valence-corrected chi connectivity index (χ1v) is 5.85. The second-order valence-corrected chi connectivity index (χ2v) is 4.50. The summed E-state index contributed by atoms with van der Waals surface area (Å²) in [5.74, 6) is 1.73. The first-order valence-electron chi connectivity index (χ1n) is 5.85. The summed E-state index contributed by atoms with van der Waals surface area (Å²) in [4.78, 5) is 2.26. The van der Waals surface area contributed by atoms with Crippen molar-refractivity contribution in [1.82, 2.24) is 0 Å². The standard InChI is InChI=1S/C13H14N2O2/c1-9-10(7-14)4-5-15(9)11-2-3-12-13(6-11)17-8-16-12/h2-3,6,9-10H,4-5,8H2,1H3. The maximum absolute atomic E-state index is 9.03. The smallest absolute Gasteiger partial charge is 0.231 e. The molecule has 1 fully saturated rings. The summed E-state index contributed by atoms with van der Waals surface area (Å²) in [6, 6.07) is 8.60. The molecular weight excluding hydrogens is 216 g/mol. The Morgan fingerprint density at radius 1 is 1.35 bits per heavy atom. The van der Waals surface area contributed by atoms with Crippen molar-refractivity contribution in [2.45, 2.75) is 19.4 Å². The van der Waals surface area contributed by atoms with Gasteiger partial charge in [0.1, 0.15) is 0 Å². The van der Waals surface area contributed by atoms with E-state index in [0.29, 0.717) is 6.79 Å². The number of nitriles is 1. The molecule has 17 heavy (non-hydrogen) atoms. The van der Waals surface area contributed by atoms with Crippen LogP contribution >= 0.6 is 0 Å². The van der Waals surface area contributed by atoms with Gasteiger partial charge in [-0.05, 0) is 25.5 Å². The van der Waals surface area contributed by atoms with E-state index in [1.165, 1.54) is 0 Å². The van der Waals surface area contributed by atoms with E-state index >= 15 is 0 Å². The molecule has 1 saturated heterocycles. The molecule has 88 valence electrons. The lowest BCUT2D eigenvalue weighted by Gasteiger charge is -2.24. The third-order valence-corrected chi connectivity index (χ3v) is 3.61. The summed E-state index contributed by atoms with van der Waals surface area (Å²) in [6.45, 7) is 3.33. The Morgan fingerprint density at radius 3 is 2.94 bits per heavy atom. The first-order chi connectivity index (χ1) is 8.29. The van der Waals surface area contributed by atoms with Crippen LogP contribution in [0.5, 0.6) is 11.5 Å². The average molecular weight is 230 g/mol. The fourth-order valence-corrected chi connectivity index (χ4v) is 2.54. The van der Waals surface area contributed by atoms with Crippen LogP contribution in [-0.4, -0.2) is 19.4 Å². The van der Waals surface area contributed by atoms with Gasteiger partial charge in [-0.3, -0.25) is 0 Å². The highest BCUT2D eigenvalue weighted by Gasteiger charge is 2.31. The van der Waals surface area contributed by atoms with Crippen LogP contribution in [0.25, 0.3) is 0 Å². The molecule has 0 saturated carbocycles. The molecule has 2 unspecified atom stereocenters. The topological polar surface area (TPSA) is 45.5 Å². The van der Waals surface area contributed by atoms with Gasteiger partial charge in [-0.2, -0.15) is 5.26 Å². The van der Waals surface area contributed by atoms with Crippen molar-refractivity contribution in [2.75, 3.05) is 18.2 Å². The molecule has 0 spiro atoms. The molecule has 0 amide bonds. The van der Waals surface area contributed by atoms with Gasteiger partial charge in [-0.25, -0.2) is 0 Å². The van der Waals surface area contributed by atoms with E-state index in [1.807, 2.05) is 18.2 Å². The van der Waals surface area contributed by atoms with Crippen molar-refractivity contribution in [3.63, 3.8) is 0 Å². The van der Waals surface area contributed by atoms with Crippen LogP contribution < -0.4 is 14.4 Å². The Labute approximate surface area is 100 Å². The van der Waals surface area contributed by atoms with E-state index in [-0.39, 0.29) is 12.0 Å². The van der Waals surface area contributed by atoms with Crippen LogP contribution in [-0.2, 0) is 0 Å². The average Bonchev–Trinajstić information content (AvgIpc) is 2.94. The second kappa shape index (κ2) is 3.85. The predicted octanol–water partition coefficient (Wildman–Crippen LogP) is 2.15. The highest BCUT2D eigenvalue weighted by Crippen LogP contribution is 2.38. The number of rotatable bonds is 1. The van der Waals surface area contributed by atoms with Crippen LogP contribution in [0.2, 0.25) is 0 Å². The van der Waals surface area contributed by atoms with E-state index in [1.54, 1.807) is 0 Å². The summed E-state index contributed by atoms with van der Waals surface area (Å²) in [7, 11) is 0. The van der Waals surface area contributed by atoms with Crippen LogP contribution in [0, 0.1) is 17.2 Å². The third kappa shape index (κ3) is 1.59. The number of anilines is 1. The van der Waals surface area contributed by atoms with Crippen LogP contribution in [0.4, 0.5) is 5.69 Å². The van der Waals surface area contributed by atoms with Crippen molar-refractivity contribution in [1.29, 1.82) is 5.26 Å².